The number of aryl methyl sites for hydroxylation is 1. The van der Waals surface area contributed by atoms with E-state index in [0.29, 0.717) is 11.1 Å². The smallest absolute Gasteiger partial charge is 0.310 e. The van der Waals surface area contributed by atoms with Crippen molar-refractivity contribution in [1.82, 2.24) is 4.98 Å². The fourth-order valence-electron chi connectivity index (χ4n) is 1.01. The summed E-state index contributed by atoms with van der Waals surface area (Å²) in [4.78, 5) is 25.1. The fraction of sp³-hybridized carbons (Fsp3) is 0.333. The van der Waals surface area contributed by atoms with Crippen LogP contribution in [0.25, 0.3) is 0 Å². The van der Waals surface area contributed by atoms with Gasteiger partial charge in [-0.1, -0.05) is 0 Å². The number of aromatic nitrogens is 1. The van der Waals surface area contributed by atoms with Crippen molar-refractivity contribution in [2.24, 2.45) is 0 Å². The third-order valence-corrected chi connectivity index (χ3v) is 1.77. The Hall–Kier alpha value is -1.58. The van der Waals surface area contributed by atoms with Crippen molar-refractivity contribution in [3.05, 3.63) is 33.7 Å². The highest BCUT2D eigenvalue weighted by molar-refractivity contribution is 5.72. The lowest BCUT2D eigenvalue weighted by molar-refractivity contribution is -0.139. The molecule has 1 rings (SSSR count). The van der Waals surface area contributed by atoms with Crippen LogP contribution in [0, 0.1) is 6.92 Å². The lowest BCUT2D eigenvalue weighted by Crippen LogP contribution is -2.16. The largest absolute Gasteiger partial charge is 0.469 e. The molecule has 70 valence electrons. The summed E-state index contributed by atoms with van der Waals surface area (Å²) in [6, 6.07) is 0. The molecule has 1 aromatic heterocycles. The Balaban J connectivity index is 2.96. The molecule has 0 aliphatic rings. The zero-order valence-electron chi connectivity index (χ0n) is 7.59. The summed E-state index contributed by atoms with van der Waals surface area (Å²) in [5.41, 5.74) is 0.928. The van der Waals surface area contributed by atoms with Crippen molar-refractivity contribution in [2.45, 2.75) is 13.3 Å². The van der Waals surface area contributed by atoms with Gasteiger partial charge in [-0.25, -0.2) is 0 Å². The van der Waals surface area contributed by atoms with Gasteiger partial charge in [0.1, 0.15) is 0 Å². The molecule has 0 bridgehead atoms. The molecule has 0 saturated carbocycles. The third kappa shape index (κ3) is 2.18. The first kappa shape index (κ1) is 9.51. The van der Waals surface area contributed by atoms with Gasteiger partial charge in [-0.2, -0.15) is 0 Å². The van der Waals surface area contributed by atoms with Crippen LogP contribution in [-0.4, -0.2) is 18.1 Å². The zero-order chi connectivity index (χ0) is 9.84. The van der Waals surface area contributed by atoms with E-state index in [2.05, 4.69) is 9.72 Å². The Kier molecular flexibility index (Phi) is 2.84. The number of carbonyl (C=O) groups excluding carboxylic acids is 1. The maximum Gasteiger partial charge on any atom is 0.310 e. The van der Waals surface area contributed by atoms with Gasteiger partial charge in [0.15, 0.2) is 5.43 Å². The first-order valence-electron chi connectivity index (χ1n) is 3.88. The molecular formula is C9H11NO3. The van der Waals surface area contributed by atoms with Crippen LogP contribution in [0.1, 0.15) is 11.1 Å². The maximum atomic E-state index is 11.4. The highest BCUT2D eigenvalue weighted by Crippen LogP contribution is 1.94. The molecule has 4 nitrogen and oxygen atoms in total. The van der Waals surface area contributed by atoms with E-state index in [-0.39, 0.29) is 11.8 Å². The number of aromatic amines is 1. The molecule has 0 radical (unpaired) electrons. The Bertz CT molecular complexity index is 367. The van der Waals surface area contributed by atoms with Crippen molar-refractivity contribution in [3.8, 4) is 0 Å². The van der Waals surface area contributed by atoms with Crippen molar-refractivity contribution in [3.63, 3.8) is 0 Å². The van der Waals surface area contributed by atoms with E-state index in [4.69, 9.17) is 0 Å². The minimum Gasteiger partial charge on any atom is -0.469 e. The van der Waals surface area contributed by atoms with Gasteiger partial charge in [-0.05, 0) is 6.92 Å². The van der Waals surface area contributed by atoms with E-state index in [1.165, 1.54) is 13.3 Å². The van der Waals surface area contributed by atoms with Gasteiger partial charge in [-0.3, -0.25) is 9.59 Å². The minimum absolute atomic E-state index is 0.0213. The number of ether oxygens (including phenoxy) is 1. The second-order valence-electron chi connectivity index (χ2n) is 2.75. The van der Waals surface area contributed by atoms with Crippen LogP contribution in [0.4, 0.5) is 0 Å². The maximum absolute atomic E-state index is 11.4. The van der Waals surface area contributed by atoms with Crippen LogP contribution >= 0.6 is 0 Å². The quantitative estimate of drug-likeness (QED) is 0.672. The summed E-state index contributed by atoms with van der Waals surface area (Å²) in [6.07, 6.45) is 3.14. The summed E-state index contributed by atoms with van der Waals surface area (Å²) >= 11 is 0. The van der Waals surface area contributed by atoms with Crippen LogP contribution in [-0.2, 0) is 16.0 Å². The molecular weight excluding hydrogens is 170 g/mol. The predicted octanol–water partition coefficient (Wildman–Crippen LogP) is 0.399. The summed E-state index contributed by atoms with van der Waals surface area (Å²) in [6.45, 7) is 1.69. The molecule has 4 heteroatoms. The molecule has 0 spiro atoms. The molecule has 1 aromatic rings. The van der Waals surface area contributed by atoms with E-state index >= 15 is 0 Å². The lowest BCUT2D eigenvalue weighted by atomic mass is 10.1. The predicted molar refractivity (Wildman–Crippen MR) is 47.5 cm³/mol. The Morgan fingerprint density at radius 2 is 2.23 bits per heavy atom. The minimum atomic E-state index is -0.406. The first-order valence-corrected chi connectivity index (χ1v) is 3.88. The van der Waals surface area contributed by atoms with Gasteiger partial charge in [0.2, 0.25) is 0 Å². The summed E-state index contributed by atoms with van der Waals surface area (Å²) < 4.78 is 4.46. The summed E-state index contributed by atoms with van der Waals surface area (Å²) in [5, 5.41) is 0. The Morgan fingerprint density at radius 3 is 2.85 bits per heavy atom. The SMILES string of the molecule is COC(=O)Cc1c[nH]cc(C)c1=O. The summed E-state index contributed by atoms with van der Waals surface area (Å²) in [7, 11) is 1.30. The van der Waals surface area contributed by atoms with Gasteiger partial charge in [0.25, 0.3) is 0 Å². The second-order valence-corrected chi connectivity index (χ2v) is 2.75. The molecule has 0 saturated heterocycles. The van der Waals surface area contributed by atoms with Crippen LogP contribution in [0.3, 0.4) is 0 Å². The fourth-order valence-corrected chi connectivity index (χ4v) is 1.01. The third-order valence-electron chi connectivity index (χ3n) is 1.77. The van der Waals surface area contributed by atoms with Crippen LogP contribution in [0.5, 0.6) is 0 Å². The number of esters is 1. The molecule has 0 fully saturated rings. The van der Waals surface area contributed by atoms with Crippen LogP contribution in [0.15, 0.2) is 17.2 Å². The number of rotatable bonds is 2. The van der Waals surface area contributed by atoms with Gasteiger partial charge in [-0.15, -0.1) is 0 Å². The van der Waals surface area contributed by atoms with Crippen molar-refractivity contribution in [2.75, 3.05) is 7.11 Å². The first-order chi connectivity index (χ1) is 6.15. The highest BCUT2D eigenvalue weighted by Gasteiger charge is 2.07. The molecule has 0 amide bonds. The molecule has 0 atom stereocenters. The number of nitrogens with one attached hydrogen (secondary N) is 1. The van der Waals surface area contributed by atoms with Gasteiger partial charge in [0.05, 0.1) is 13.5 Å². The average Bonchev–Trinajstić information content (AvgIpc) is 2.13. The summed E-state index contributed by atoms with van der Waals surface area (Å²) in [5.74, 6) is -0.406. The van der Waals surface area contributed by atoms with E-state index in [9.17, 15) is 9.59 Å². The van der Waals surface area contributed by atoms with Gasteiger partial charge in [0, 0.05) is 23.5 Å². The number of methoxy groups -OCH3 is 1. The van der Waals surface area contributed by atoms with Crippen molar-refractivity contribution < 1.29 is 9.53 Å². The zero-order valence-corrected chi connectivity index (χ0v) is 7.59. The van der Waals surface area contributed by atoms with Crippen molar-refractivity contribution >= 4 is 5.97 Å². The van der Waals surface area contributed by atoms with Crippen LogP contribution < -0.4 is 5.43 Å². The van der Waals surface area contributed by atoms with Crippen LogP contribution in [0.2, 0.25) is 0 Å². The topological polar surface area (TPSA) is 59.2 Å². The van der Waals surface area contributed by atoms with E-state index in [0.717, 1.165) is 0 Å². The molecule has 1 heterocycles. The molecule has 0 unspecified atom stereocenters. The monoisotopic (exact) mass is 181 g/mol. The van der Waals surface area contributed by atoms with Gasteiger partial charge >= 0.3 is 5.97 Å². The van der Waals surface area contributed by atoms with E-state index < -0.39 is 5.97 Å². The van der Waals surface area contributed by atoms with E-state index in [1.54, 1.807) is 13.1 Å². The molecule has 0 aliphatic carbocycles. The molecule has 0 aliphatic heterocycles. The number of H-pyrrole nitrogens is 1. The molecule has 1 N–H and O–H groups in total. The Labute approximate surface area is 75.5 Å². The number of hydrogen-bond acceptors (Lipinski definition) is 3. The van der Waals surface area contributed by atoms with Crippen molar-refractivity contribution in [1.29, 1.82) is 0 Å². The average molecular weight is 181 g/mol. The normalized spacial score (nSPS) is 9.69. The number of pyridine rings is 1. The Morgan fingerprint density at radius 1 is 1.54 bits per heavy atom. The molecule has 13 heavy (non-hydrogen) atoms. The van der Waals surface area contributed by atoms with Gasteiger partial charge < -0.3 is 9.72 Å². The second kappa shape index (κ2) is 3.89. The number of hydrogen-bond donors (Lipinski definition) is 1. The highest BCUT2D eigenvalue weighted by atomic mass is 16.5. The lowest BCUT2D eigenvalue weighted by Gasteiger charge is -1.99. The molecule has 0 aromatic carbocycles. The standard InChI is InChI=1S/C9H11NO3/c1-6-4-10-5-7(9(6)12)3-8(11)13-2/h4-5H,3H2,1-2H3,(H,10,12). The van der Waals surface area contributed by atoms with E-state index in [1.807, 2.05) is 0 Å². The number of carbonyl (C=O) groups is 1.